The molecule has 1 fully saturated rings. The summed E-state index contributed by atoms with van der Waals surface area (Å²) in [5.74, 6) is 0.918. The van der Waals surface area contributed by atoms with E-state index in [4.69, 9.17) is 9.47 Å². The molecule has 1 N–H and O–H groups in total. The Kier molecular flexibility index (Phi) is 7.53. The summed E-state index contributed by atoms with van der Waals surface area (Å²) < 4.78 is 37.9. The molecule has 7 heteroatoms. The summed E-state index contributed by atoms with van der Waals surface area (Å²) in [6.45, 7) is 4.72. The van der Waals surface area contributed by atoms with Crippen LogP contribution in [-0.2, 0) is 10.0 Å². The van der Waals surface area contributed by atoms with Gasteiger partial charge in [-0.2, -0.15) is 0 Å². The maximum absolute atomic E-state index is 12.5. The summed E-state index contributed by atoms with van der Waals surface area (Å²) in [4.78, 5) is 2.68. The van der Waals surface area contributed by atoms with E-state index in [1.807, 2.05) is 0 Å². The Bertz CT molecular complexity index is 648. The van der Waals surface area contributed by atoms with Gasteiger partial charge >= 0.3 is 0 Å². The molecular weight excluding hydrogens is 340 g/mol. The average Bonchev–Trinajstić information content (AvgIpc) is 2.64. The van der Waals surface area contributed by atoms with Crippen molar-refractivity contribution >= 4 is 10.0 Å². The van der Waals surface area contributed by atoms with Crippen molar-refractivity contribution in [3.05, 3.63) is 18.2 Å². The van der Waals surface area contributed by atoms with Crippen molar-refractivity contribution < 1.29 is 17.9 Å². The fraction of sp³-hybridized carbons (Fsp3) is 0.667. The van der Waals surface area contributed by atoms with E-state index in [0.29, 0.717) is 24.1 Å². The van der Waals surface area contributed by atoms with Gasteiger partial charge in [-0.25, -0.2) is 13.1 Å². The number of methoxy groups -OCH3 is 2. The Balaban J connectivity index is 1.89. The van der Waals surface area contributed by atoms with E-state index < -0.39 is 10.0 Å². The minimum absolute atomic E-state index is 0.189. The topological polar surface area (TPSA) is 67.9 Å². The zero-order chi connectivity index (χ0) is 18.3. The lowest BCUT2D eigenvalue weighted by Crippen LogP contribution is -2.40. The highest BCUT2D eigenvalue weighted by molar-refractivity contribution is 7.89. The van der Waals surface area contributed by atoms with Gasteiger partial charge in [-0.3, -0.25) is 0 Å². The zero-order valence-corrected chi connectivity index (χ0v) is 16.3. The number of hydrogen-bond acceptors (Lipinski definition) is 5. The van der Waals surface area contributed by atoms with Gasteiger partial charge < -0.3 is 14.4 Å². The molecule has 0 bridgehead atoms. The van der Waals surface area contributed by atoms with E-state index in [1.54, 1.807) is 6.07 Å². The van der Waals surface area contributed by atoms with Crippen molar-refractivity contribution in [2.45, 2.75) is 50.0 Å². The van der Waals surface area contributed by atoms with E-state index in [2.05, 4.69) is 16.5 Å². The summed E-state index contributed by atoms with van der Waals surface area (Å²) in [7, 11) is -0.531. The number of nitrogens with zero attached hydrogens (tertiary/aromatic N) is 1. The highest BCUT2D eigenvalue weighted by Crippen LogP contribution is 2.29. The molecule has 1 aromatic carbocycles. The molecule has 1 aliphatic rings. The molecule has 6 nitrogen and oxygen atoms in total. The maximum Gasteiger partial charge on any atom is 0.240 e. The summed E-state index contributed by atoms with van der Waals surface area (Å²) >= 11 is 0. The van der Waals surface area contributed by atoms with Crippen LogP contribution in [0, 0.1) is 0 Å². The third kappa shape index (κ3) is 5.33. The van der Waals surface area contributed by atoms with Crippen LogP contribution < -0.4 is 14.2 Å². The van der Waals surface area contributed by atoms with Gasteiger partial charge in [0.05, 0.1) is 19.1 Å². The first-order valence-corrected chi connectivity index (χ1v) is 10.5. The number of nitrogens with one attached hydrogen (secondary N) is 1. The van der Waals surface area contributed by atoms with Crippen LogP contribution in [0.1, 0.15) is 39.0 Å². The van der Waals surface area contributed by atoms with Gasteiger partial charge in [0.2, 0.25) is 10.0 Å². The van der Waals surface area contributed by atoms with Gasteiger partial charge in [-0.05, 0) is 50.9 Å². The van der Waals surface area contributed by atoms with Crippen LogP contribution in [0.4, 0.5) is 0 Å². The molecule has 0 radical (unpaired) electrons. The second kappa shape index (κ2) is 9.40. The van der Waals surface area contributed by atoms with Crippen molar-refractivity contribution in [3.8, 4) is 11.5 Å². The molecule has 0 saturated carbocycles. The molecule has 1 aromatic rings. The molecular formula is C18H30N2O4S. The second-order valence-corrected chi connectivity index (χ2v) is 8.13. The number of hydrogen-bond donors (Lipinski definition) is 1. The number of piperidine rings is 1. The molecule has 2 rings (SSSR count). The Labute approximate surface area is 151 Å². The predicted octanol–water partition coefficient (Wildman–Crippen LogP) is 2.64. The van der Waals surface area contributed by atoms with Gasteiger partial charge in [0, 0.05) is 18.7 Å². The van der Waals surface area contributed by atoms with Crippen LogP contribution in [0.25, 0.3) is 0 Å². The number of likely N-dealkylation sites (tertiary alicyclic amines) is 1. The van der Waals surface area contributed by atoms with Crippen LogP contribution in [-0.4, -0.2) is 53.2 Å². The first kappa shape index (κ1) is 20.0. The lowest BCUT2D eigenvalue weighted by molar-refractivity contribution is 0.143. The number of sulfonamides is 1. The molecule has 1 aliphatic heterocycles. The zero-order valence-electron chi connectivity index (χ0n) is 15.5. The van der Waals surface area contributed by atoms with Crippen molar-refractivity contribution in [3.63, 3.8) is 0 Å². The number of rotatable bonds is 9. The van der Waals surface area contributed by atoms with E-state index in [1.165, 1.54) is 45.6 Å². The Morgan fingerprint density at radius 3 is 2.64 bits per heavy atom. The van der Waals surface area contributed by atoms with Crippen LogP contribution >= 0.6 is 0 Å². The normalized spacial score (nSPS) is 18.9. The Morgan fingerprint density at radius 2 is 1.96 bits per heavy atom. The summed E-state index contributed by atoms with van der Waals surface area (Å²) in [6.07, 6.45) is 5.78. The van der Waals surface area contributed by atoms with Crippen molar-refractivity contribution in [1.29, 1.82) is 0 Å². The Morgan fingerprint density at radius 1 is 1.20 bits per heavy atom. The highest BCUT2D eigenvalue weighted by atomic mass is 32.2. The minimum Gasteiger partial charge on any atom is -0.493 e. The summed E-state index contributed by atoms with van der Waals surface area (Å²) in [6, 6.07) is 5.27. The minimum atomic E-state index is -3.54. The maximum atomic E-state index is 12.5. The third-order valence-corrected chi connectivity index (χ3v) is 6.26. The molecule has 1 atom stereocenters. The van der Waals surface area contributed by atoms with Crippen molar-refractivity contribution in [2.75, 3.05) is 33.9 Å². The highest BCUT2D eigenvalue weighted by Gasteiger charge is 2.21. The van der Waals surface area contributed by atoms with Gasteiger partial charge in [0.25, 0.3) is 0 Å². The van der Waals surface area contributed by atoms with Crippen molar-refractivity contribution in [2.24, 2.45) is 0 Å². The predicted molar refractivity (Wildman–Crippen MR) is 98.9 cm³/mol. The second-order valence-electron chi connectivity index (χ2n) is 6.36. The number of benzene rings is 1. The fourth-order valence-corrected chi connectivity index (χ4v) is 4.46. The standard InChI is InChI=1S/C18H30N2O4S/c1-4-15-8-5-6-12-20(15)13-7-11-19-25(21,22)16-9-10-17(23-2)18(14-16)24-3/h9-10,14-15,19H,4-8,11-13H2,1-3H3/t15-/m1/s1. The van der Waals surface area contributed by atoms with Crippen molar-refractivity contribution in [1.82, 2.24) is 9.62 Å². The molecule has 1 heterocycles. The van der Waals surface area contributed by atoms with Crippen LogP contribution in [0.5, 0.6) is 11.5 Å². The smallest absolute Gasteiger partial charge is 0.240 e. The fourth-order valence-electron chi connectivity index (χ4n) is 3.37. The Hall–Kier alpha value is -1.31. The summed E-state index contributed by atoms with van der Waals surface area (Å²) in [5, 5.41) is 0. The third-order valence-electron chi connectivity index (χ3n) is 4.80. The first-order valence-electron chi connectivity index (χ1n) is 8.97. The van der Waals surface area contributed by atoms with E-state index in [-0.39, 0.29) is 4.90 Å². The average molecular weight is 371 g/mol. The molecule has 25 heavy (non-hydrogen) atoms. The molecule has 0 amide bonds. The van der Waals surface area contributed by atoms with Crippen LogP contribution in [0.15, 0.2) is 23.1 Å². The van der Waals surface area contributed by atoms with E-state index in [9.17, 15) is 8.42 Å². The lowest BCUT2D eigenvalue weighted by Gasteiger charge is -2.35. The quantitative estimate of drug-likeness (QED) is 0.677. The molecule has 0 spiro atoms. The first-order chi connectivity index (χ1) is 12.0. The molecule has 0 unspecified atom stereocenters. The van der Waals surface area contributed by atoms with Crippen LogP contribution in [0.2, 0.25) is 0 Å². The monoisotopic (exact) mass is 370 g/mol. The molecule has 1 saturated heterocycles. The van der Waals surface area contributed by atoms with Gasteiger partial charge in [0.15, 0.2) is 11.5 Å². The molecule has 142 valence electrons. The number of ether oxygens (including phenoxy) is 2. The summed E-state index contributed by atoms with van der Waals surface area (Å²) in [5.41, 5.74) is 0. The van der Waals surface area contributed by atoms with E-state index >= 15 is 0 Å². The van der Waals surface area contributed by atoms with Gasteiger partial charge in [-0.15, -0.1) is 0 Å². The van der Waals surface area contributed by atoms with Crippen LogP contribution in [0.3, 0.4) is 0 Å². The van der Waals surface area contributed by atoms with E-state index in [0.717, 1.165) is 25.9 Å². The largest absolute Gasteiger partial charge is 0.493 e. The van der Waals surface area contributed by atoms with Gasteiger partial charge in [-0.1, -0.05) is 13.3 Å². The van der Waals surface area contributed by atoms with Gasteiger partial charge in [0.1, 0.15) is 0 Å². The molecule has 0 aliphatic carbocycles. The SMILES string of the molecule is CC[C@@H]1CCCCN1CCCNS(=O)(=O)c1ccc(OC)c(OC)c1. The molecule has 0 aromatic heterocycles. The lowest BCUT2D eigenvalue weighted by atomic mass is 10.00.